The maximum Gasteiger partial charge on any atom is 0.142 e. The smallest absolute Gasteiger partial charge is 0.142 e. The van der Waals surface area contributed by atoms with Gasteiger partial charge in [-0.1, -0.05) is 28.1 Å². The number of rotatable bonds is 3. The van der Waals surface area contributed by atoms with E-state index in [1.165, 1.54) is 0 Å². The number of imidazole rings is 1. The highest BCUT2D eigenvalue weighted by Crippen LogP contribution is 2.25. The van der Waals surface area contributed by atoms with E-state index in [2.05, 4.69) is 20.9 Å². The third-order valence-electron chi connectivity index (χ3n) is 2.83. The largest absolute Gasteiger partial charge is 0.380 e. The van der Waals surface area contributed by atoms with Crippen molar-refractivity contribution in [2.24, 2.45) is 0 Å². The van der Waals surface area contributed by atoms with E-state index in [4.69, 9.17) is 0 Å². The number of halogens is 1. The van der Waals surface area contributed by atoms with Crippen molar-refractivity contribution >= 4 is 15.9 Å². The Kier molecular flexibility index (Phi) is 3.64. The van der Waals surface area contributed by atoms with E-state index >= 15 is 0 Å². The standard InChI is InChI=1S/C13H15BrN2O/c1-3-16-7-6-15-13(16)12(17)10-4-5-11(14)9(2)8-10/h4-8,12,17H,3H2,1-2H3. The van der Waals surface area contributed by atoms with E-state index in [0.717, 1.165) is 22.1 Å². The average Bonchev–Trinajstić information content (AvgIpc) is 2.80. The van der Waals surface area contributed by atoms with Crippen LogP contribution < -0.4 is 0 Å². The van der Waals surface area contributed by atoms with Crippen LogP contribution in [0.25, 0.3) is 0 Å². The topological polar surface area (TPSA) is 38.0 Å². The zero-order chi connectivity index (χ0) is 12.4. The van der Waals surface area contributed by atoms with E-state index in [-0.39, 0.29) is 0 Å². The fraction of sp³-hybridized carbons (Fsp3) is 0.308. The first-order valence-electron chi connectivity index (χ1n) is 5.58. The first-order valence-corrected chi connectivity index (χ1v) is 6.38. The SMILES string of the molecule is CCn1ccnc1C(O)c1ccc(Br)c(C)c1. The fourth-order valence-corrected chi connectivity index (χ4v) is 2.07. The molecular weight excluding hydrogens is 280 g/mol. The van der Waals surface area contributed by atoms with Crippen LogP contribution in [0, 0.1) is 6.92 Å². The molecule has 0 aliphatic carbocycles. The maximum absolute atomic E-state index is 10.3. The molecular formula is C13H15BrN2O. The minimum Gasteiger partial charge on any atom is -0.380 e. The summed E-state index contributed by atoms with van der Waals surface area (Å²) in [5.41, 5.74) is 1.97. The molecule has 1 aromatic heterocycles. The Morgan fingerprint density at radius 2 is 2.24 bits per heavy atom. The predicted molar refractivity (Wildman–Crippen MR) is 70.8 cm³/mol. The van der Waals surface area contributed by atoms with Gasteiger partial charge in [0.15, 0.2) is 0 Å². The molecule has 2 rings (SSSR count). The Labute approximate surface area is 109 Å². The maximum atomic E-state index is 10.3. The number of aromatic nitrogens is 2. The zero-order valence-corrected chi connectivity index (χ0v) is 11.5. The highest BCUT2D eigenvalue weighted by molar-refractivity contribution is 9.10. The van der Waals surface area contributed by atoms with E-state index in [1.54, 1.807) is 6.20 Å². The lowest BCUT2D eigenvalue weighted by molar-refractivity contribution is 0.204. The lowest BCUT2D eigenvalue weighted by Crippen LogP contribution is -2.09. The summed E-state index contributed by atoms with van der Waals surface area (Å²) >= 11 is 3.45. The van der Waals surface area contributed by atoms with Gasteiger partial charge in [-0.3, -0.25) is 0 Å². The molecule has 0 bridgehead atoms. The van der Waals surface area contributed by atoms with E-state index in [9.17, 15) is 5.11 Å². The van der Waals surface area contributed by atoms with Crippen LogP contribution in [0.4, 0.5) is 0 Å². The molecule has 1 aromatic carbocycles. The number of aliphatic hydroxyl groups excluding tert-OH is 1. The van der Waals surface area contributed by atoms with Crippen molar-refractivity contribution in [1.29, 1.82) is 0 Å². The molecule has 4 heteroatoms. The third-order valence-corrected chi connectivity index (χ3v) is 3.72. The van der Waals surface area contributed by atoms with Crippen LogP contribution in [0.2, 0.25) is 0 Å². The molecule has 0 spiro atoms. The molecule has 90 valence electrons. The molecule has 0 saturated heterocycles. The quantitative estimate of drug-likeness (QED) is 0.945. The third kappa shape index (κ3) is 2.42. The van der Waals surface area contributed by atoms with Crippen molar-refractivity contribution in [3.63, 3.8) is 0 Å². The van der Waals surface area contributed by atoms with Crippen LogP contribution in [0.3, 0.4) is 0 Å². The summed E-state index contributed by atoms with van der Waals surface area (Å²) in [7, 11) is 0. The van der Waals surface area contributed by atoms with Crippen LogP contribution in [0.1, 0.15) is 30.0 Å². The van der Waals surface area contributed by atoms with Gasteiger partial charge in [-0.25, -0.2) is 4.98 Å². The molecule has 0 amide bonds. The number of nitrogens with zero attached hydrogens (tertiary/aromatic N) is 2. The molecule has 1 atom stereocenters. The Balaban J connectivity index is 2.36. The van der Waals surface area contributed by atoms with Crippen molar-refractivity contribution in [2.45, 2.75) is 26.5 Å². The van der Waals surface area contributed by atoms with Crippen LogP contribution in [-0.2, 0) is 6.54 Å². The first-order chi connectivity index (χ1) is 8.13. The normalized spacial score (nSPS) is 12.7. The molecule has 1 N–H and O–H groups in total. The van der Waals surface area contributed by atoms with Gasteiger partial charge in [0.05, 0.1) is 0 Å². The van der Waals surface area contributed by atoms with Gasteiger partial charge in [0.25, 0.3) is 0 Å². The summed E-state index contributed by atoms with van der Waals surface area (Å²) in [5.74, 6) is 0.689. The lowest BCUT2D eigenvalue weighted by Gasteiger charge is -2.13. The van der Waals surface area contributed by atoms with Crippen LogP contribution in [0.15, 0.2) is 35.1 Å². The number of aryl methyl sites for hydroxylation is 2. The summed E-state index contributed by atoms with van der Waals surface area (Å²) < 4.78 is 2.99. The molecule has 1 heterocycles. The second-order valence-corrected chi connectivity index (χ2v) is 4.84. The summed E-state index contributed by atoms with van der Waals surface area (Å²) in [6, 6.07) is 5.84. The van der Waals surface area contributed by atoms with Gasteiger partial charge >= 0.3 is 0 Å². The molecule has 2 aromatic rings. The molecule has 17 heavy (non-hydrogen) atoms. The highest BCUT2D eigenvalue weighted by atomic mass is 79.9. The monoisotopic (exact) mass is 294 g/mol. The molecule has 0 saturated carbocycles. The van der Waals surface area contributed by atoms with E-state index < -0.39 is 6.10 Å². The van der Waals surface area contributed by atoms with Gasteiger partial charge in [-0.2, -0.15) is 0 Å². The average molecular weight is 295 g/mol. The van der Waals surface area contributed by atoms with Crippen LogP contribution in [-0.4, -0.2) is 14.7 Å². The number of hydrogen-bond donors (Lipinski definition) is 1. The van der Waals surface area contributed by atoms with Gasteiger partial charge in [-0.05, 0) is 31.0 Å². The number of benzene rings is 1. The van der Waals surface area contributed by atoms with E-state index in [0.29, 0.717) is 5.82 Å². The zero-order valence-electron chi connectivity index (χ0n) is 9.89. The van der Waals surface area contributed by atoms with Gasteiger partial charge in [0.2, 0.25) is 0 Å². The van der Waals surface area contributed by atoms with Crippen molar-refractivity contribution in [3.05, 3.63) is 52.0 Å². The lowest BCUT2D eigenvalue weighted by atomic mass is 10.1. The minimum atomic E-state index is -0.670. The first kappa shape index (κ1) is 12.3. The van der Waals surface area contributed by atoms with Gasteiger partial charge in [-0.15, -0.1) is 0 Å². The van der Waals surface area contributed by atoms with E-state index in [1.807, 2.05) is 42.8 Å². The Hall–Kier alpha value is -1.13. The number of aliphatic hydroxyl groups is 1. The molecule has 0 aliphatic heterocycles. The molecule has 3 nitrogen and oxygen atoms in total. The number of hydrogen-bond acceptors (Lipinski definition) is 2. The molecule has 1 unspecified atom stereocenters. The minimum absolute atomic E-state index is 0.670. The summed E-state index contributed by atoms with van der Waals surface area (Å²) in [6.07, 6.45) is 2.93. The Morgan fingerprint density at radius 1 is 1.47 bits per heavy atom. The van der Waals surface area contributed by atoms with Crippen molar-refractivity contribution in [3.8, 4) is 0 Å². The summed E-state index contributed by atoms with van der Waals surface area (Å²) in [6.45, 7) is 4.85. The van der Waals surface area contributed by atoms with Gasteiger partial charge in [0, 0.05) is 23.4 Å². The van der Waals surface area contributed by atoms with Crippen molar-refractivity contribution in [2.75, 3.05) is 0 Å². The molecule has 0 aliphatic rings. The second-order valence-electron chi connectivity index (χ2n) is 3.98. The van der Waals surface area contributed by atoms with Crippen molar-refractivity contribution in [1.82, 2.24) is 9.55 Å². The summed E-state index contributed by atoms with van der Waals surface area (Å²) in [5, 5.41) is 10.3. The molecule has 0 fully saturated rings. The Bertz CT molecular complexity index is 522. The Morgan fingerprint density at radius 3 is 2.88 bits per heavy atom. The molecule has 0 radical (unpaired) electrons. The fourth-order valence-electron chi connectivity index (χ4n) is 1.82. The van der Waals surface area contributed by atoms with Crippen molar-refractivity contribution < 1.29 is 5.11 Å². The van der Waals surface area contributed by atoms with Crippen LogP contribution >= 0.6 is 15.9 Å². The highest BCUT2D eigenvalue weighted by Gasteiger charge is 2.15. The second kappa shape index (κ2) is 5.02. The van der Waals surface area contributed by atoms with Crippen LogP contribution in [0.5, 0.6) is 0 Å². The summed E-state index contributed by atoms with van der Waals surface area (Å²) in [4.78, 5) is 4.22. The van der Waals surface area contributed by atoms with Gasteiger partial charge in [0.1, 0.15) is 11.9 Å². The van der Waals surface area contributed by atoms with Gasteiger partial charge < -0.3 is 9.67 Å². The predicted octanol–water partition coefficient (Wildman–Crippen LogP) is 3.06.